The molecule has 186 valence electrons. The van der Waals surface area contributed by atoms with Crippen molar-refractivity contribution in [1.82, 2.24) is 0 Å². The van der Waals surface area contributed by atoms with E-state index in [-0.39, 0.29) is 12.8 Å². The maximum absolute atomic E-state index is 12.0. The SMILES string of the molecule is CCCCCCCCCC(=O)OC(C(=O)O)C(OC(=O)CCCCCCCCC)C(=O)O. The van der Waals surface area contributed by atoms with E-state index in [0.29, 0.717) is 12.8 Å². The molecule has 0 aliphatic carbocycles. The van der Waals surface area contributed by atoms with Crippen LogP contribution in [0.1, 0.15) is 117 Å². The molecule has 0 radical (unpaired) electrons. The van der Waals surface area contributed by atoms with Gasteiger partial charge in [0.2, 0.25) is 12.2 Å². The Kier molecular flexibility index (Phi) is 18.3. The van der Waals surface area contributed by atoms with Crippen LogP contribution in [0, 0.1) is 0 Å². The molecule has 0 bridgehead atoms. The molecule has 2 N–H and O–H groups in total. The van der Waals surface area contributed by atoms with Crippen LogP contribution in [-0.2, 0) is 28.7 Å². The summed E-state index contributed by atoms with van der Waals surface area (Å²) in [5.74, 6) is -4.93. The van der Waals surface area contributed by atoms with E-state index < -0.39 is 36.1 Å². The summed E-state index contributed by atoms with van der Waals surface area (Å²) in [6, 6.07) is 0. The molecule has 8 heteroatoms. The summed E-state index contributed by atoms with van der Waals surface area (Å²) in [6.45, 7) is 4.26. The lowest BCUT2D eigenvalue weighted by Gasteiger charge is -2.21. The van der Waals surface area contributed by atoms with Gasteiger partial charge in [-0.25, -0.2) is 9.59 Å². The molecule has 32 heavy (non-hydrogen) atoms. The molecule has 8 nitrogen and oxygen atoms in total. The fourth-order valence-corrected chi connectivity index (χ4v) is 3.34. The monoisotopic (exact) mass is 458 g/mol. The van der Waals surface area contributed by atoms with Crippen molar-refractivity contribution in [3.63, 3.8) is 0 Å². The van der Waals surface area contributed by atoms with Crippen LogP contribution in [0.25, 0.3) is 0 Å². The lowest BCUT2D eigenvalue weighted by atomic mass is 10.1. The number of aliphatic carboxylic acids is 2. The van der Waals surface area contributed by atoms with Gasteiger partial charge in [0.25, 0.3) is 0 Å². The summed E-state index contributed by atoms with van der Waals surface area (Å²) in [6.07, 6.45) is 9.61. The van der Waals surface area contributed by atoms with Gasteiger partial charge in [-0.1, -0.05) is 90.9 Å². The normalized spacial score (nSPS) is 12.7. The molecule has 0 saturated heterocycles. The van der Waals surface area contributed by atoms with E-state index in [1.165, 1.54) is 12.8 Å². The lowest BCUT2D eigenvalue weighted by molar-refractivity contribution is -0.187. The van der Waals surface area contributed by atoms with Gasteiger partial charge in [-0.15, -0.1) is 0 Å². The molecule has 0 rings (SSSR count). The Morgan fingerprint density at radius 3 is 1.09 bits per heavy atom. The molecule has 2 atom stereocenters. The molecule has 0 saturated carbocycles. The Morgan fingerprint density at radius 2 is 0.812 bits per heavy atom. The number of rotatable bonds is 21. The molecule has 0 fully saturated rings. The smallest absolute Gasteiger partial charge is 0.349 e. The Hall–Kier alpha value is -2.12. The van der Waals surface area contributed by atoms with Crippen LogP contribution in [0.15, 0.2) is 0 Å². The topological polar surface area (TPSA) is 127 Å². The summed E-state index contributed by atoms with van der Waals surface area (Å²) in [7, 11) is 0. The molecule has 0 aliphatic heterocycles. The van der Waals surface area contributed by atoms with Gasteiger partial charge in [0, 0.05) is 12.8 Å². The summed E-state index contributed by atoms with van der Waals surface area (Å²) >= 11 is 0. The Labute approximate surface area is 192 Å². The van der Waals surface area contributed by atoms with Crippen LogP contribution >= 0.6 is 0 Å². The minimum absolute atomic E-state index is 0.00409. The third kappa shape index (κ3) is 15.6. The Balaban J connectivity index is 4.43. The first-order valence-corrected chi connectivity index (χ1v) is 12.2. The highest BCUT2D eigenvalue weighted by Crippen LogP contribution is 2.14. The molecule has 0 aromatic heterocycles. The number of carbonyl (C=O) groups excluding carboxylic acids is 2. The molecule has 2 unspecified atom stereocenters. The van der Waals surface area contributed by atoms with Gasteiger partial charge in [-0.05, 0) is 12.8 Å². The van der Waals surface area contributed by atoms with Crippen molar-refractivity contribution in [3.05, 3.63) is 0 Å². The van der Waals surface area contributed by atoms with Crippen molar-refractivity contribution in [2.75, 3.05) is 0 Å². The fourth-order valence-electron chi connectivity index (χ4n) is 3.34. The first-order valence-electron chi connectivity index (χ1n) is 12.2. The van der Waals surface area contributed by atoms with Gasteiger partial charge in [-0.3, -0.25) is 9.59 Å². The molecule has 0 spiro atoms. The van der Waals surface area contributed by atoms with Gasteiger partial charge >= 0.3 is 23.9 Å². The average Bonchev–Trinajstić information content (AvgIpc) is 2.74. The maximum Gasteiger partial charge on any atom is 0.349 e. The highest BCUT2D eigenvalue weighted by Gasteiger charge is 2.40. The van der Waals surface area contributed by atoms with E-state index >= 15 is 0 Å². The predicted molar refractivity (Wildman–Crippen MR) is 120 cm³/mol. The van der Waals surface area contributed by atoms with Gasteiger partial charge < -0.3 is 19.7 Å². The van der Waals surface area contributed by atoms with Crippen LogP contribution in [-0.4, -0.2) is 46.3 Å². The number of carboxylic acids is 2. The summed E-state index contributed by atoms with van der Waals surface area (Å²) in [4.78, 5) is 47.0. The molecule has 0 amide bonds. The first-order chi connectivity index (χ1) is 15.3. The summed E-state index contributed by atoms with van der Waals surface area (Å²) in [5.41, 5.74) is 0. The van der Waals surface area contributed by atoms with Gasteiger partial charge in [0.1, 0.15) is 0 Å². The standard InChI is InChI=1S/C24H42O8/c1-3-5-7-9-11-13-15-17-19(25)31-21(23(27)28)22(24(29)30)32-20(26)18-16-14-12-10-8-6-4-2/h21-22H,3-18H2,1-2H3,(H,27,28)(H,29,30). The zero-order valence-electron chi connectivity index (χ0n) is 19.8. The van der Waals surface area contributed by atoms with Gasteiger partial charge in [0.05, 0.1) is 0 Å². The van der Waals surface area contributed by atoms with Crippen LogP contribution < -0.4 is 0 Å². The second-order valence-corrected chi connectivity index (χ2v) is 8.24. The third-order valence-corrected chi connectivity index (χ3v) is 5.25. The number of carbonyl (C=O) groups is 4. The molecule has 0 aliphatic rings. The Bertz CT molecular complexity index is 498. The second-order valence-electron chi connectivity index (χ2n) is 8.24. The zero-order chi connectivity index (χ0) is 24.2. The van der Waals surface area contributed by atoms with E-state index in [1.54, 1.807) is 0 Å². The highest BCUT2D eigenvalue weighted by molar-refractivity contribution is 5.87. The fraction of sp³-hybridized carbons (Fsp3) is 0.833. The number of hydrogen-bond donors (Lipinski definition) is 2. The van der Waals surface area contributed by atoms with E-state index in [0.717, 1.165) is 64.2 Å². The predicted octanol–water partition coefficient (Wildman–Crippen LogP) is 5.26. The van der Waals surface area contributed by atoms with Crippen LogP contribution in [0.2, 0.25) is 0 Å². The van der Waals surface area contributed by atoms with Crippen molar-refractivity contribution < 1.29 is 38.9 Å². The third-order valence-electron chi connectivity index (χ3n) is 5.25. The molecule has 0 aromatic carbocycles. The van der Waals surface area contributed by atoms with Crippen molar-refractivity contribution in [3.8, 4) is 0 Å². The molecular weight excluding hydrogens is 416 g/mol. The minimum atomic E-state index is -2.07. The number of esters is 2. The number of carboxylic acid groups (broad SMARTS) is 2. The quantitative estimate of drug-likeness (QED) is 0.176. The van der Waals surface area contributed by atoms with E-state index in [1.807, 2.05) is 0 Å². The van der Waals surface area contributed by atoms with Crippen molar-refractivity contribution in [1.29, 1.82) is 0 Å². The Morgan fingerprint density at radius 1 is 0.531 bits per heavy atom. The zero-order valence-corrected chi connectivity index (χ0v) is 19.8. The van der Waals surface area contributed by atoms with Crippen molar-refractivity contribution in [2.45, 2.75) is 129 Å². The molecular formula is C24H42O8. The highest BCUT2D eigenvalue weighted by atomic mass is 16.6. The van der Waals surface area contributed by atoms with E-state index in [9.17, 15) is 29.4 Å². The lowest BCUT2D eigenvalue weighted by Crippen LogP contribution is -2.45. The maximum atomic E-state index is 12.0. The number of unbranched alkanes of at least 4 members (excludes halogenated alkanes) is 12. The first kappa shape index (κ1) is 29.9. The largest absolute Gasteiger partial charge is 0.478 e. The van der Waals surface area contributed by atoms with Gasteiger partial charge in [-0.2, -0.15) is 0 Å². The van der Waals surface area contributed by atoms with Crippen LogP contribution in [0.5, 0.6) is 0 Å². The van der Waals surface area contributed by atoms with Crippen LogP contribution in [0.4, 0.5) is 0 Å². The summed E-state index contributed by atoms with van der Waals surface area (Å²) in [5, 5.41) is 18.7. The minimum Gasteiger partial charge on any atom is -0.478 e. The number of hydrogen-bond acceptors (Lipinski definition) is 6. The second kappa shape index (κ2) is 19.6. The number of ether oxygens (including phenoxy) is 2. The van der Waals surface area contributed by atoms with Crippen LogP contribution in [0.3, 0.4) is 0 Å². The molecule has 0 aromatic rings. The van der Waals surface area contributed by atoms with E-state index in [4.69, 9.17) is 9.47 Å². The average molecular weight is 459 g/mol. The van der Waals surface area contributed by atoms with Crippen molar-refractivity contribution >= 4 is 23.9 Å². The van der Waals surface area contributed by atoms with Crippen molar-refractivity contribution in [2.24, 2.45) is 0 Å². The van der Waals surface area contributed by atoms with Gasteiger partial charge in [0.15, 0.2) is 0 Å². The van der Waals surface area contributed by atoms with E-state index in [2.05, 4.69) is 13.8 Å². The molecule has 0 heterocycles. The summed E-state index contributed by atoms with van der Waals surface area (Å²) < 4.78 is 9.73.